The first-order valence-electron chi connectivity index (χ1n) is 13.5. The van der Waals surface area contributed by atoms with Crippen molar-refractivity contribution in [3.8, 4) is 0 Å². The van der Waals surface area contributed by atoms with Crippen LogP contribution in [0, 0.1) is 0 Å². The molecule has 0 atom stereocenters. The molecule has 5 aromatic rings. The number of benzene rings is 5. The lowest BCUT2D eigenvalue weighted by atomic mass is 9.77. The van der Waals surface area contributed by atoms with Gasteiger partial charge >= 0.3 is 0 Å². The van der Waals surface area contributed by atoms with Gasteiger partial charge < -0.3 is 4.90 Å². The Hall–Kier alpha value is -4.62. The second-order valence-electron chi connectivity index (χ2n) is 10.4. The van der Waals surface area contributed by atoms with Crippen LogP contribution in [0.4, 0.5) is 11.4 Å². The van der Waals surface area contributed by atoms with Crippen molar-refractivity contribution in [2.24, 2.45) is 0 Å². The SMILES string of the molecule is C=C/C(=C\C=C(/C)c1ccccc1)N(c1ccccc1)c1ccc(C(C)(C)c2ccc3ccccc3c2)cc1. The molecule has 1 heteroatoms. The summed E-state index contributed by atoms with van der Waals surface area (Å²) < 4.78 is 0. The van der Waals surface area contributed by atoms with E-state index in [-0.39, 0.29) is 5.41 Å². The Morgan fingerprint density at radius 3 is 1.85 bits per heavy atom. The van der Waals surface area contributed by atoms with Gasteiger partial charge in [-0.05, 0) is 76.4 Å². The quantitative estimate of drug-likeness (QED) is 0.190. The molecule has 0 saturated heterocycles. The van der Waals surface area contributed by atoms with Gasteiger partial charge in [0.25, 0.3) is 0 Å². The smallest absolute Gasteiger partial charge is 0.0461 e. The zero-order valence-corrected chi connectivity index (χ0v) is 23.0. The Morgan fingerprint density at radius 2 is 1.18 bits per heavy atom. The van der Waals surface area contributed by atoms with Crippen LogP contribution in [0.3, 0.4) is 0 Å². The number of allylic oxidation sites excluding steroid dienone is 4. The Bertz CT molecular complexity index is 1620. The van der Waals surface area contributed by atoms with Gasteiger partial charge in [0, 0.05) is 22.5 Å². The molecule has 0 aliphatic rings. The van der Waals surface area contributed by atoms with Crippen molar-refractivity contribution in [2.75, 3.05) is 4.90 Å². The van der Waals surface area contributed by atoms with E-state index in [0.717, 1.165) is 17.1 Å². The highest BCUT2D eigenvalue weighted by Crippen LogP contribution is 2.36. The van der Waals surface area contributed by atoms with Gasteiger partial charge in [0.2, 0.25) is 0 Å². The van der Waals surface area contributed by atoms with Crippen molar-refractivity contribution in [3.05, 3.63) is 175 Å². The van der Waals surface area contributed by atoms with Gasteiger partial charge in [0.15, 0.2) is 0 Å². The molecule has 0 fully saturated rings. The molecule has 0 aromatic heterocycles. The van der Waals surface area contributed by atoms with Crippen LogP contribution in [0.25, 0.3) is 16.3 Å². The fourth-order valence-corrected chi connectivity index (χ4v) is 5.04. The van der Waals surface area contributed by atoms with Crippen LogP contribution in [0.15, 0.2) is 158 Å². The fourth-order valence-electron chi connectivity index (χ4n) is 5.04. The van der Waals surface area contributed by atoms with Gasteiger partial charge in [-0.3, -0.25) is 0 Å². The Kier molecular flexibility index (Phi) is 7.61. The molecule has 1 nitrogen and oxygen atoms in total. The van der Waals surface area contributed by atoms with Gasteiger partial charge in [-0.1, -0.05) is 130 Å². The van der Waals surface area contributed by atoms with E-state index >= 15 is 0 Å². The second kappa shape index (κ2) is 11.4. The lowest BCUT2D eigenvalue weighted by Gasteiger charge is -2.29. The molecule has 0 heterocycles. The summed E-state index contributed by atoms with van der Waals surface area (Å²) in [5.74, 6) is 0. The lowest BCUT2D eigenvalue weighted by Crippen LogP contribution is -2.19. The minimum Gasteiger partial charge on any atom is -0.311 e. The van der Waals surface area contributed by atoms with E-state index in [1.165, 1.54) is 33.0 Å². The minimum atomic E-state index is -0.132. The number of fused-ring (bicyclic) bond motifs is 1. The number of rotatable bonds is 8. The van der Waals surface area contributed by atoms with E-state index in [1.807, 2.05) is 18.2 Å². The topological polar surface area (TPSA) is 3.24 Å². The zero-order chi connectivity index (χ0) is 27.2. The van der Waals surface area contributed by atoms with E-state index in [1.54, 1.807) is 0 Å². The molecule has 0 bridgehead atoms. The van der Waals surface area contributed by atoms with Crippen LogP contribution >= 0.6 is 0 Å². The first-order chi connectivity index (χ1) is 19.0. The normalized spacial score (nSPS) is 12.4. The van der Waals surface area contributed by atoms with Crippen LogP contribution < -0.4 is 4.90 Å². The Morgan fingerprint density at radius 1 is 0.615 bits per heavy atom. The molecule has 0 aliphatic carbocycles. The van der Waals surface area contributed by atoms with Gasteiger partial charge in [-0.15, -0.1) is 0 Å². The molecule has 0 amide bonds. The molecule has 0 unspecified atom stereocenters. The third-order valence-corrected chi connectivity index (χ3v) is 7.53. The summed E-state index contributed by atoms with van der Waals surface area (Å²) in [6.07, 6.45) is 6.24. The van der Waals surface area contributed by atoms with E-state index in [2.05, 4.69) is 160 Å². The highest BCUT2D eigenvalue weighted by atomic mass is 15.1. The highest BCUT2D eigenvalue weighted by molar-refractivity contribution is 5.83. The number of anilines is 2. The number of hydrogen-bond acceptors (Lipinski definition) is 1. The maximum absolute atomic E-state index is 4.17. The van der Waals surface area contributed by atoms with Crippen molar-refractivity contribution >= 4 is 27.7 Å². The maximum Gasteiger partial charge on any atom is 0.0461 e. The number of nitrogens with zero attached hydrogens (tertiary/aromatic N) is 1. The fraction of sp³-hybridized carbons (Fsp3) is 0.105. The summed E-state index contributed by atoms with van der Waals surface area (Å²) in [7, 11) is 0. The summed E-state index contributed by atoms with van der Waals surface area (Å²) in [4.78, 5) is 2.26. The van der Waals surface area contributed by atoms with Gasteiger partial charge in [-0.25, -0.2) is 0 Å². The summed E-state index contributed by atoms with van der Waals surface area (Å²) >= 11 is 0. The van der Waals surface area contributed by atoms with Gasteiger partial charge in [0.05, 0.1) is 0 Å². The predicted octanol–water partition coefficient (Wildman–Crippen LogP) is 10.5. The van der Waals surface area contributed by atoms with Crippen LogP contribution in [0.2, 0.25) is 0 Å². The third-order valence-electron chi connectivity index (χ3n) is 7.53. The summed E-state index contributed by atoms with van der Waals surface area (Å²) in [5, 5.41) is 2.54. The number of hydrogen-bond donors (Lipinski definition) is 0. The van der Waals surface area contributed by atoms with Crippen molar-refractivity contribution in [1.82, 2.24) is 0 Å². The molecule has 0 aliphatic heterocycles. The van der Waals surface area contributed by atoms with E-state index < -0.39 is 0 Å². The average Bonchev–Trinajstić information content (AvgIpc) is 2.99. The molecule has 5 rings (SSSR count). The average molecular weight is 506 g/mol. The molecule has 0 spiro atoms. The molecular formula is C38H35N. The standard InChI is InChI=1S/C38H35N/c1-5-35(25-20-29(2)30-14-8-6-9-15-30)39(36-18-10-7-11-19-36)37-26-23-33(24-27-37)38(3,4)34-22-21-31-16-12-13-17-32(31)28-34/h5-28H,1H2,2-4H3/b29-20+,35-25+. The van der Waals surface area contributed by atoms with E-state index in [0.29, 0.717) is 0 Å². The van der Waals surface area contributed by atoms with Gasteiger partial charge in [0.1, 0.15) is 0 Å². The Balaban J connectivity index is 1.51. The molecule has 0 radical (unpaired) electrons. The molecule has 5 aromatic carbocycles. The van der Waals surface area contributed by atoms with Crippen molar-refractivity contribution in [3.63, 3.8) is 0 Å². The summed E-state index contributed by atoms with van der Waals surface area (Å²) in [5.41, 5.74) is 8.07. The van der Waals surface area contributed by atoms with Crippen molar-refractivity contribution < 1.29 is 0 Å². The first-order valence-corrected chi connectivity index (χ1v) is 13.5. The van der Waals surface area contributed by atoms with E-state index in [9.17, 15) is 0 Å². The van der Waals surface area contributed by atoms with Crippen LogP contribution in [-0.4, -0.2) is 0 Å². The Labute approximate surface area is 233 Å². The molecule has 39 heavy (non-hydrogen) atoms. The largest absolute Gasteiger partial charge is 0.311 e. The van der Waals surface area contributed by atoms with E-state index in [4.69, 9.17) is 0 Å². The first kappa shape index (κ1) is 26.0. The molecule has 0 saturated carbocycles. The molecule has 192 valence electrons. The highest BCUT2D eigenvalue weighted by Gasteiger charge is 2.24. The molecular weight excluding hydrogens is 470 g/mol. The lowest BCUT2D eigenvalue weighted by molar-refractivity contribution is 0.642. The minimum absolute atomic E-state index is 0.132. The zero-order valence-electron chi connectivity index (χ0n) is 23.0. The van der Waals surface area contributed by atoms with Crippen molar-refractivity contribution in [1.29, 1.82) is 0 Å². The second-order valence-corrected chi connectivity index (χ2v) is 10.4. The van der Waals surface area contributed by atoms with Crippen LogP contribution in [0.1, 0.15) is 37.5 Å². The predicted molar refractivity (Wildman–Crippen MR) is 169 cm³/mol. The van der Waals surface area contributed by atoms with Gasteiger partial charge in [-0.2, -0.15) is 0 Å². The summed E-state index contributed by atoms with van der Waals surface area (Å²) in [6.45, 7) is 10.9. The third kappa shape index (κ3) is 5.63. The molecule has 0 N–H and O–H groups in total. The monoisotopic (exact) mass is 505 g/mol. The number of para-hydroxylation sites is 1. The van der Waals surface area contributed by atoms with Crippen LogP contribution in [0.5, 0.6) is 0 Å². The summed E-state index contributed by atoms with van der Waals surface area (Å²) in [6, 6.07) is 45.2. The van der Waals surface area contributed by atoms with Crippen molar-refractivity contribution in [2.45, 2.75) is 26.2 Å². The van der Waals surface area contributed by atoms with Crippen LogP contribution in [-0.2, 0) is 5.41 Å². The maximum atomic E-state index is 4.17.